The highest BCUT2D eigenvalue weighted by atomic mass is 16.2. The number of H-pyrrole nitrogens is 1. The summed E-state index contributed by atoms with van der Waals surface area (Å²) in [5.74, 6) is -0.262. The smallest absolute Gasteiger partial charge is 0.272 e. The quantitative estimate of drug-likeness (QED) is 0.791. The maximum atomic E-state index is 12.6. The lowest BCUT2D eigenvalue weighted by Gasteiger charge is -2.09. The fourth-order valence-electron chi connectivity index (χ4n) is 3.40. The van der Waals surface area contributed by atoms with Crippen LogP contribution in [0.2, 0.25) is 0 Å². The first-order valence-corrected chi connectivity index (χ1v) is 9.00. The van der Waals surface area contributed by atoms with Crippen molar-refractivity contribution in [2.75, 3.05) is 5.32 Å². The molecular weight excluding hydrogens is 330 g/mol. The molecule has 2 aromatic rings. The lowest BCUT2D eigenvalue weighted by molar-refractivity contribution is 0.0948. The number of nitrogens with one attached hydrogen (secondary N) is 3. The summed E-state index contributed by atoms with van der Waals surface area (Å²) in [6, 6.07) is 7.13. The Kier molecular flexibility index (Phi) is 4.11. The molecular formula is C20H21N3O3. The fraction of sp³-hybridized carbons (Fsp3) is 0.350. The standard InChI is InChI=1S/C20H21N3O3/c1-11-17-15(3-2-4-16(17)24)23-18(11)20(26)22-13-7-5-12(6-8-13)19(25)21-14-9-10-14/h5-8,14,23H,2-4,9-10H2,1H3,(H,21,25)(H,22,26). The Morgan fingerprint density at radius 1 is 1.08 bits per heavy atom. The highest BCUT2D eigenvalue weighted by Gasteiger charge is 2.26. The van der Waals surface area contributed by atoms with Gasteiger partial charge in [-0.15, -0.1) is 0 Å². The second kappa shape index (κ2) is 6.44. The summed E-state index contributed by atoms with van der Waals surface area (Å²) in [7, 11) is 0. The molecule has 1 saturated carbocycles. The first kappa shape index (κ1) is 16.6. The van der Waals surface area contributed by atoms with Crippen LogP contribution in [-0.4, -0.2) is 28.6 Å². The molecule has 1 aromatic heterocycles. The van der Waals surface area contributed by atoms with Crippen molar-refractivity contribution in [1.82, 2.24) is 10.3 Å². The molecule has 2 amide bonds. The van der Waals surface area contributed by atoms with Crippen LogP contribution in [0.5, 0.6) is 0 Å². The van der Waals surface area contributed by atoms with E-state index in [2.05, 4.69) is 15.6 Å². The van der Waals surface area contributed by atoms with E-state index in [1.54, 1.807) is 31.2 Å². The van der Waals surface area contributed by atoms with E-state index >= 15 is 0 Å². The maximum absolute atomic E-state index is 12.6. The van der Waals surface area contributed by atoms with E-state index in [9.17, 15) is 14.4 Å². The number of benzene rings is 1. The number of anilines is 1. The van der Waals surface area contributed by atoms with Crippen LogP contribution in [0, 0.1) is 6.92 Å². The van der Waals surface area contributed by atoms with Crippen LogP contribution in [-0.2, 0) is 6.42 Å². The Labute approximate surface area is 151 Å². The Bertz CT molecular complexity index is 892. The molecule has 1 fully saturated rings. The number of ketones is 1. The average molecular weight is 351 g/mol. The summed E-state index contributed by atoms with van der Waals surface area (Å²) >= 11 is 0. The molecule has 2 aliphatic carbocycles. The van der Waals surface area contributed by atoms with Crippen LogP contribution >= 0.6 is 0 Å². The van der Waals surface area contributed by atoms with Gasteiger partial charge < -0.3 is 15.6 Å². The third kappa shape index (κ3) is 3.14. The van der Waals surface area contributed by atoms with Crippen molar-refractivity contribution in [3.8, 4) is 0 Å². The first-order valence-electron chi connectivity index (χ1n) is 9.00. The number of hydrogen-bond acceptors (Lipinski definition) is 3. The molecule has 2 aliphatic rings. The number of rotatable bonds is 4. The molecule has 1 aromatic carbocycles. The van der Waals surface area contributed by atoms with Gasteiger partial charge in [0.1, 0.15) is 5.69 Å². The first-order chi connectivity index (χ1) is 12.5. The fourth-order valence-corrected chi connectivity index (χ4v) is 3.40. The summed E-state index contributed by atoms with van der Waals surface area (Å²) in [6.07, 6.45) is 4.23. The minimum Gasteiger partial charge on any atom is -0.354 e. The SMILES string of the molecule is Cc1c(C(=O)Nc2ccc(C(=O)NC3CC3)cc2)[nH]c2c1C(=O)CCC2. The number of amides is 2. The largest absolute Gasteiger partial charge is 0.354 e. The summed E-state index contributed by atoms with van der Waals surface area (Å²) < 4.78 is 0. The third-order valence-corrected chi connectivity index (χ3v) is 4.98. The number of Topliss-reactive ketones (excluding diaryl/α,β-unsaturated/α-hetero) is 1. The van der Waals surface area contributed by atoms with Gasteiger partial charge in [-0.25, -0.2) is 0 Å². The number of aromatic amines is 1. The molecule has 26 heavy (non-hydrogen) atoms. The van der Waals surface area contributed by atoms with Gasteiger partial charge in [-0.1, -0.05) is 0 Å². The maximum Gasteiger partial charge on any atom is 0.272 e. The molecule has 6 heteroatoms. The van der Waals surface area contributed by atoms with Crippen LogP contribution in [0.4, 0.5) is 5.69 Å². The van der Waals surface area contributed by atoms with Crippen LogP contribution in [0.15, 0.2) is 24.3 Å². The summed E-state index contributed by atoms with van der Waals surface area (Å²) in [5.41, 5.74) is 3.86. The zero-order valence-electron chi connectivity index (χ0n) is 14.6. The molecule has 0 bridgehead atoms. The van der Waals surface area contributed by atoms with Crippen molar-refractivity contribution < 1.29 is 14.4 Å². The molecule has 1 heterocycles. The van der Waals surface area contributed by atoms with Crippen molar-refractivity contribution in [1.29, 1.82) is 0 Å². The van der Waals surface area contributed by atoms with Crippen molar-refractivity contribution >= 4 is 23.3 Å². The van der Waals surface area contributed by atoms with Gasteiger partial charge in [-0.2, -0.15) is 0 Å². The Hall–Kier alpha value is -2.89. The minimum absolute atomic E-state index is 0.0863. The van der Waals surface area contributed by atoms with Gasteiger partial charge in [0, 0.05) is 35.0 Å². The van der Waals surface area contributed by atoms with E-state index in [0.29, 0.717) is 40.5 Å². The summed E-state index contributed by atoms with van der Waals surface area (Å²) in [6.45, 7) is 1.80. The number of fused-ring (bicyclic) bond motifs is 1. The lowest BCUT2D eigenvalue weighted by Crippen LogP contribution is -2.25. The van der Waals surface area contributed by atoms with Gasteiger partial charge in [0.2, 0.25) is 0 Å². The molecule has 6 nitrogen and oxygen atoms in total. The molecule has 134 valence electrons. The monoisotopic (exact) mass is 351 g/mol. The van der Waals surface area contributed by atoms with Gasteiger partial charge in [-0.3, -0.25) is 14.4 Å². The van der Waals surface area contributed by atoms with Gasteiger partial charge in [-0.05, 0) is 62.4 Å². The normalized spacial score (nSPS) is 16.1. The van der Waals surface area contributed by atoms with Crippen molar-refractivity contribution in [2.45, 2.75) is 45.1 Å². The highest BCUT2D eigenvalue weighted by molar-refractivity contribution is 6.08. The number of hydrogen-bond donors (Lipinski definition) is 3. The molecule has 0 spiro atoms. The van der Waals surface area contributed by atoms with E-state index in [0.717, 1.165) is 31.4 Å². The highest BCUT2D eigenvalue weighted by Crippen LogP contribution is 2.27. The Morgan fingerprint density at radius 2 is 1.81 bits per heavy atom. The zero-order chi connectivity index (χ0) is 18.3. The molecule has 0 saturated heterocycles. The summed E-state index contributed by atoms with van der Waals surface area (Å²) in [4.78, 5) is 39.8. The summed E-state index contributed by atoms with van der Waals surface area (Å²) in [5, 5.41) is 5.76. The van der Waals surface area contributed by atoms with Crippen molar-refractivity contribution in [3.63, 3.8) is 0 Å². The third-order valence-electron chi connectivity index (χ3n) is 4.98. The van der Waals surface area contributed by atoms with Crippen molar-refractivity contribution in [2.24, 2.45) is 0 Å². The predicted molar refractivity (Wildman–Crippen MR) is 97.7 cm³/mol. The van der Waals surface area contributed by atoms with Gasteiger partial charge in [0.05, 0.1) is 0 Å². The number of carbonyl (C=O) groups excluding carboxylic acids is 3. The predicted octanol–water partition coefficient (Wildman–Crippen LogP) is 2.99. The van der Waals surface area contributed by atoms with E-state index in [1.807, 2.05) is 0 Å². The van der Waals surface area contributed by atoms with Gasteiger partial charge in [0.15, 0.2) is 5.78 Å². The molecule has 3 N–H and O–H groups in total. The van der Waals surface area contributed by atoms with Crippen LogP contribution in [0.3, 0.4) is 0 Å². The van der Waals surface area contributed by atoms with Gasteiger partial charge in [0.25, 0.3) is 11.8 Å². The molecule has 0 unspecified atom stereocenters. The molecule has 0 radical (unpaired) electrons. The Balaban J connectivity index is 1.48. The number of aryl methyl sites for hydroxylation is 1. The zero-order valence-corrected chi connectivity index (χ0v) is 14.6. The van der Waals surface area contributed by atoms with Gasteiger partial charge >= 0.3 is 0 Å². The van der Waals surface area contributed by atoms with Crippen LogP contribution in [0.1, 0.15) is 68.1 Å². The van der Waals surface area contributed by atoms with Crippen LogP contribution in [0.25, 0.3) is 0 Å². The second-order valence-electron chi connectivity index (χ2n) is 7.03. The van der Waals surface area contributed by atoms with Crippen LogP contribution < -0.4 is 10.6 Å². The number of aromatic nitrogens is 1. The van der Waals surface area contributed by atoms with E-state index in [-0.39, 0.29) is 17.6 Å². The molecule has 0 aliphatic heterocycles. The number of carbonyl (C=O) groups is 3. The van der Waals surface area contributed by atoms with E-state index < -0.39 is 0 Å². The van der Waals surface area contributed by atoms with Crippen molar-refractivity contribution in [3.05, 3.63) is 52.3 Å². The molecule has 4 rings (SSSR count). The topological polar surface area (TPSA) is 91.1 Å². The second-order valence-corrected chi connectivity index (χ2v) is 7.03. The minimum atomic E-state index is -0.278. The lowest BCUT2D eigenvalue weighted by atomic mass is 9.94. The van der Waals surface area contributed by atoms with E-state index in [4.69, 9.17) is 0 Å². The Morgan fingerprint density at radius 3 is 2.46 bits per heavy atom. The van der Waals surface area contributed by atoms with E-state index in [1.165, 1.54) is 0 Å². The average Bonchev–Trinajstić information content (AvgIpc) is 3.37. The molecule has 0 atom stereocenters.